The lowest BCUT2D eigenvalue weighted by Crippen LogP contribution is -2.51. The Morgan fingerprint density at radius 1 is 1.11 bits per heavy atom. The molecule has 1 aliphatic heterocycles. The van der Waals surface area contributed by atoms with Crippen molar-refractivity contribution in [3.05, 3.63) is 48.3 Å². The van der Waals surface area contributed by atoms with Crippen molar-refractivity contribution in [1.82, 2.24) is 19.0 Å². The number of sulfonamides is 1. The van der Waals surface area contributed by atoms with Gasteiger partial charge in [-0.2, -0.15) is 9.40 Å². The second-order valence-corrected chi connectivity index (χ2v) is 8.17. The fourth-order valence-electron chi connectivity index (χ4n) is 2.93. The molecule has 0 radical (unpaired) electrons. The highest BCUT2D eigenvalue weighted by Gasteiger charge is 2.32. The van der Waals surface area contributed by atoms with Gasteiger partial charge in [0, 0.05) is 32.4 Å². The number of hydrogen-bond donors (Lipinski definition) is 1. The Balaban J connectivity index is 1.64. The molecule has 1 saturated heterocycles. The van der Waals surface area contributed by atoms with E-state index in [9.17, 15) is 18.0 Å². The molecule has 0 bridgehead atoms. The summed E-state index contributed by atoms with van der Waals surface area (Å²) in [7, 11) is -3.58. The summed E-state index contributed by atoms with van der Waals surface area (Å²) in [5.74, 6) is -1.34. The molecule has 1 fully saturated rings. The zero-order chi connectivity index (χ0) is 19.6. The topological polar surface area (TPSA) is 113 Å². The summed E-state index contributed by atoms with van der Waals surface area (Å²) in [6.45, 7) is 2.57. The van der Waals surface area contributed by atoms with Gasteiger partial charge >= 0.3 is 5.97 Å². The second-order valence-electron chi connectivity index (χ2n) is 6.23. The Bertz CT molecular complexity index is 933. The van der Waals surface area contributed by atoms with E-state index in [2.05, 4.69) is 5.10 Å². The summed E-state index contributed by atoms with van der Waals surface area (Å²) in [5, 5.41) is 12.9. The lowest BCUT2D eigenvalue weighted by Gasteiger charge is -2.35. The summed E-state index contributed by atoms with van der Waals surface area (Å²) in [6, 6.07) is 7.52. The van der Waals surface area contributed by atoms with Crippen molar-refractivity contribution in [2.75, 3.05) is 26.2 Å². The molecular weight excluding hydrogens is 372 g/mol. The summed E-state index contributed by atoms with van der Waals surface area (Å²) in [5.41, 5.74) is 0.00780. The number of benzene rings is 1. The van der Waals surface area contributed by atoms with Crippen molar-refractivity contribution < 1.29 is 23.1 Å². The van der Waals surface area contributed by atoms with Crippen LogP contribution >= 0.6 is 0 Å². The van der Waals surface area contributed by atoms with Crippen LogP contribution in [-0.4, -0.2) is 70.6 Å². The molecule has 1 amide bonds. The first-order valence-electron chi connectivity index (χ1n) is 8.42. The fraction of sp³-hybridized carbons (Fsp3) is 0.353. The number of carboxylic acids is 1. The standard InChI is InChI=1S/C17H20N4O5S/c1-13(21-12-14(11-18-21)17(23)24)16(22)19-7-9-20(10-8-19)27(25,26)15-5-3-2-4-6-15/h2-6,11-13H,7-10H2,1H3,(H,23,24). The minimum absolute atomic E-state index is 0.00780. The Hall–Kier alpha value is -2.72. The number of aromatic nitrogens is 2. The average Bonchev–Trinajstić information content (AvgIpc) is 3.18. The molecule has 10 heteroatoms. The summed E-state index contributed by atoms with van der Waals surface area (Å²) < 4.78 is 27.9. The van der Waals surface area contributed by atoms with E-state index in [4.69, 9.17) is 5.11 Å². The van der Waals surface area contributed by atoms with Crippen molar-refractivity contribution in [2.45, 2.75) is 17.9 Å². The van der Waals surface area contributed by atoms with Gasteiger partial charge in [-0.15, -0.1) is 0 Å². The minimum Gasteiger partial charge on any atom is -0.478 e. The van der Waals surface area contributed by atoms with Crippen molar-refractivity contribution >= 4 is 21.9 Å². The van der Waals surface area contributed by atoms with E-state index < -0.39 is 22.0 Å². The zero-order valence-electron chi connectivity index (χ0n) is 14.7. The van der Waals surface area contributed by atoms with Gasteiger partial charge in [0.05, 0.1) is 16.7 Å². The normalized spacial score (nSPS) is 16.9. The number of amides is 1. The van der Waals surface area contributed by atoms with Gasteiger partial charge in [-0.1, -0.05) is 18.2 Å². The van der Waals surface area contributed by atoms with Gasteiger partial charge in [-0.3, -0.25) is 9.48 Å². The average molecular weight is 392 g/mol. The van der Waals surface area contributed by atoms with E-state index in [1.165, 1.54) is 21.4 Å². The first-order chi connectivity index (χ1) is 12.8. The lowest BCUT2D eigenvalue weighted by atomic mass is 10.2. The minimum atomic E-state index is -3.58. The van der Waals surface area contributed by atoms with Gasteiger partial charge in [0.25, 0.3) is 0 Å². The summed E-state index contributed by atoms with van der Waals surface area (Å²) >= 11 is 0. The second kappa shape index (κ2) is 7.49. The molecule has 2 heterocycles. The zero-order valence-corrected chi connectivity index (χ0v) is 15.5. The molecule has 1 N–H and O–H groups in total. The highest BCUT2D eigenvalue weighted by Crippen LogP contribution is 2.19. The van der Waals surface area contributed by atoms with Gasteiger partial charge in [0.15, 0.2) is 0 Å². The van der Waals surface area contributed by atoms with Crippen LogP contribution in [0.4, 0.5) is 0 Å². The van der Waals surface area contributed by atoms with Crippen LogP contribution < -0.4 is 0 Å². The predicted molar refractivity (Wildman–Crippen MR) is 95.7 cm³/mol. The Kier molecular flexibility index (Phi) is 5.29. The highest BCUT2D eigenvalue weighted by atomic mass is 32.2. The van der Waals surface area contributed by atoms with Crippen LogP contribution in [0.1, 0.15) is 23.3 Å². The van der Waals surface area contributed by atoms with Gasteiger partial charge in [0.1, 0.15) is 6.04 Å². The number of aromatic carboxylic acids is 1. The maximum absolute atomic E-state index is 12.7. The molecular formula is C17H20N4O5S. The quantitative estimate of drug-likeness (QED) is 0.800. The SMILES string of the molecule is CC(C(=O)N1CCN(S(=O)(=O)c2ccccc2)CC1)n1cc(C(=O)O)cn1. The maximum Gasteiger partial charge on any atom is 0.338 e. The number of nitrogens with zero attached hydrogens (tertiary/aromatic N) is 4. The van der Waals surface area contributed by atoms with Gasteiger partial charge in [-0.25, -0.2) is 13.2 Å². The first kappa shape index (κ1) is 19.1. The Morgan fingerprint density at radius 2 is 1.74 bits per heavy atom. The van der Waals surface area contributed by atoms with Crippen molar-refractivity contribution in [3.8, 4) is 0 Å². The predicted octanol–water partition coefficient (Wildman–Crippen LogP) is 0.675. The van der Waals surface area contributed by atoms with Crippen LogP contribution in [0.25, 0.3) is 0 Å². The number of carbonyl (C=O) groups is 2. The lowest BCUT2D eigenvalue weighted by molar-refractivity contribution is -0.135. The van der Waals surface area contributed by atoms with Gasteiger partial charge in [-0.05, 0) is 19.1 Å². The molecule has 3 rings (SSSR count). The molecule has 1 atom stereocenters. The molecule has 27 heavy (non-hydrogen) atoms. The van der Waals surface area contributed by atoms with Crippen LogP contribution in [0.3, 0.4) is 0 Å². The van der Waals surface area contributed by atoms with E-state index in [0.29, 0.717) is 0 Å². The van der Waals surface area contributed by atoms with Crippen molar-refractivity contribution in [1.29, 1.82) is 0 Å². The molecule has 1 unspecified atom stereocenters. The third kappa shape index (κ3) is 3.86. The number of rotatable bonds is 5. The number of piperazine rings is 1. The van der Waals surface area contributed by atoms with E-state index in [1.54, 1.807) is 42.2 Å². The molecule has 1 aromatic carbocycles. The van der Waals surface area contributed by atoms with Crippen LogP contribution in [0, 0.1) is 0 Å². The highest BCUT2D eigenvalue weighted by molar-refractivity contribution is 7.89. The van der Waals surface area contributed by atoms with Gasteiger partial charge < -0.3 is 10.0 Å². The van der Waals surface area contributed by atoms with E-state index in [-0.39, 0.29) is 42.5 Å². The number of hydrogen-bond acceptors (Lipinski definition) is 5. The molecule has 144 valence electrons. The Morgan fingerprint density at radius 3 is 2.30 bits per heavy atom. The third-order valence-corrected chi connectivity index (χ3v) is 6.45. The van der Waals surface area contributed by atoms with E-state index >= 15 is 0 Å². The number of carboxylic acid groups (broad SMARTS) is 1. The van der Waals surface area contributed by atoms with Crippen molar-refractivity contribution in [3.63, 3.8) is 0 Å². The molecule has 0 saturated carbocycles. The monoisotopic (exact) mass is 392 g/mol. The van der Waals surface area contributed by atoms with Gasteiger partial charge in [0.2, 0.25) is 15.9 Å². The Labute approximate surface area is 156 Å². The molecule has 1 aromatic heterocycles. The molecule has 2 aromatic rings. The smallest absolute Gasteiger partial charge is 0.338 e. The van der Waals surface area contributed by atoms with Crippen LogP contribution in [0.5, 0.6) is 0 Å². The van der Waals surface area contributed by atoms with Crippen LogP contribution in [0.2, 0.25) is 0 Å². The van der Waals surface area contributed by atoms with Crippen molar-refractivity contribution in [2.24, 2.45) is 0 Å². The third-order valence-electron chi connectivity index (χ3n) is 4.53. The maximum atomic E-state index is 12.7. The molecule has 0 spiro atoms. The molecule has 9 nitrogen and oxygen atoms in total. The molecule has 1 aliphatic rings. The molecule has 0 aliphatic carbocycles. The first-order valence-corrected chi connectivity index (χ1v) is 9.86. The van der Waals surface area contributed by atoms with E-state index in [0.717, 1.165) is 0 Å². The summed E-state index contributed by atoms with van der Waals surface area (Å²) in [6.07, 6.45) is 2.50. The number of carbonyl (C=O) groups excluding carboxylic acids is 1. The van der Waals surface area contributed by atoms with E-state index in [1.807, 2.05) is 0 Å². The van der Waals surface area contributed by atoms with Crippen LogP contribution in [-0.2, 0) is 14.8 Å². The summed E-state index contributed by atoms with van der Waals surface area (Å²) in [4.78, 5) is 25.4. The largest absolute Gasteiger partial charge is 0.478 e. The fourth-order valence-corrected chi connectivity index (χ4v) is 4.37. The van der Waals surface area contributed by atoms with Crippen LogP contribution in [0.15, 0.2) is 47.6 Å².